The lowest BCUT2D eigenvalue weighted by molar-refractivity contribution is -0.120. The number of amides is 2. The SMILES string of the molecule is CCCC[C@@H](CC)C(=O)Nc1ccccc1C(N)=O. The van der Waals surface area contributed by atoms with Crippen molar-refractivity contribution in [3.8, 4) is 0 Å². The first-order valence-corrected chi connectivity index (χ1v) is 6.79. The number of benzene rings is 1. The number of unbranched alkanes of at least 4 members (excludes halogenated alkanes) is 1. The van der Waals surface area contributed by atoms with Crippen molar-refractivity contribution < 1.29 is 9.59 Å². The quantitative estimate of drug-likeness (QED) is 0.793. The van der Waals surface area contributed by atoms with Gasteiger partial charge in [-0.2, -0.15) is 0 Å². The van der Waals surface area contributed by atoms with Gasteiger partial charge in [-0.1, -0.05) is 38.8 Å². The minimum atomic E-state index is -0.530. The van der Waals surface area contributed by atoms with Gasteiger partial charge in [0.15, 0.2) is 0 Å². The van der Waals surface area contributed by atoms with Crippen LogP contribution in [0.25, 0.3) is 0 Å². The maximum absolute atomic E-state index is 12.2. The Morgan fingerprint density at radius 2 is 1.95 bits per heavy atom. The van der Waals surface area contributed by atoms with Gasteiger partial charge in [0.2, 0.25) is 5.91 Å². The lowest BCUT2D eigenvalue weighted by Crippen LogP contribution is -2.24. The van der Waals surface area contributed by atoms with Gasteiger partial charge in [0.1, 0.15) is 0 Å². The number of hydrogen-bond donors (Lipinski definition) is 2. The number of nitrogens with one attached hydrogen (secondary N) is 1. The molecule has 4 heteroatoms. The van der Waals surface area contributed by atoms with Crippen LogP contribution in [0.5, 0.6) is 0 Å². The maximum atomic E-state index is 12.2. The molecule has 4 nitrogen and oxygen atoms in total. The molecule has 104 valence electrons. The number of rotatable bonds is 7. The van der Waals surface area contributed by atoms with Crippen molar-refractivity contribution in [3.05, 3.63) is 29.8 Å². The molecule has 19 heavy (non-hydrogen) atoms. The summed E-state index contributed by atoms with van der Waals surface area (Å²) in [6.07, 6.45) is 3.77. The van der Waals surface area contributed by atoms with Gasteiger partial charge in [-0.25, -0.2) is 0 Å². The largest absolute Gasteiger partial charge is 0.366 e. The Labute approximate surface area is 114 Å². The molecular formula is C15H22N2O2. The number of nitrogens with two attached hydrogens (primary N) is 1. The molecule has 0 aliphatic carbocycles. The fourth-order valence-electron chi connectivity index (χ4n) is 2.01. The van der Waals surface area contributed by atoms with Gasteiger partial charge in [-0.05, 0) is 25.0 Å². The molecule has 0 aliphatic heterocycles. The van der Waals surface area contributed by atoms with Gasteiger partial charge in [-0.3, -0.25) is 9.59 Å². The van der Waals surface area contributed by atoms with Crippen LogP contribution in [-0.2, 0) is 4.79 Å². The van der Waals surface area contributed by atoms with E-state index in [0.717, 1.165) is 25.7 Å². The van der Waals surface area contributed by atoms with E-state index in [4.69, 9.17) is 5.73 Å². The van der Waals surface area contributed by atoms with Crippen molar-refractivity contribution >= 4 is 17.5 Å². The second-order valence-electron chi connectivity index (χ2n) is 4.65. The Hall–Kier alpha value is -1.84. The summed E-state index contributed by atoms with van der Waals surface area (Å²) in [4.78, 5) is 23.4. The summed E-state index contributed by atoms with van der Waals surface area (Å²) < 4.78 is 0. The summed E-state index contributed by atoms with van der Waals surface area (Å²) in [7, 11) is 0. The zero-order chi connectivity index (χ0) is 14.3. The van der Waals surface area contributed by atoms with E-state index in [1.807, 2.05) is 6.92 Å². The molecule has 1 aromatic carbocycles. The van der Waals surface area contributed by atoms with Crippen molar-refractivity contribution in [2.24, 2.45) is 11.7 Å². The Bertz CT molecular complexity index is 444. The predicted molar refractivity (Wildman–Crippen MR) is 76.9 cm³/mol. The Balaban J connectivity index is 2.78. The number of carbonyl (C=O) groups excluding carboxylic acids is 2. The molecule has 0 aliphatic rings. The topological polar surface area (TPSA) is 72.2 Å². The van der Waals surface area contributed by atoms with Gasteiger partial charge in [0.25, 0.3) is 5.91 Å². The minimum Gasteiger partial charge on any atom is -0.366 e. The summed E-state index contributed by atoms with van der Waals surface area (Å²) in [6, 6.07) is 6.81. The molecule has 1 rings (SSSR count). The van der Waals surface area contributed by atoms with E-state index in [1.165, 1.54) is 0 Å². The highest BCUT2D eigenvalue weighted by molar-refractivity contribution is 6.03. The van der Waals surface area contributed by atoms with Crippen LogP contribution in [0.2, 0.25) is 0 Å². The van der Waals surface area contributed by atoms with Crippen LogP contribution in [0, 0.1) is 5.92 Å². The summed E-state index contributed by atoms with van der Waals surface area (Å²) >= 11 is 0. The van der Waals surface area contributed by atoms with E-state index in [-0.39, 0.29) is 11.8 Å². The maximum Gasteiger partial charge on any atom is 0.250 e. The summed E-state index contributed by atoms with van der Waals surface area (Å²) in [6.45, 7) is 4.10. The molecule has 0 saturated carbocycles. The molecule has 0 bridgehead atoms. The minimum absolute atomic E-state index is 0.0131. The number of hydrogen-bond acceptors (Lipinski definition) is 2. The third-order valence-electron chi connectivity index (χ3n) is 3.22. The van der Waals surface area contributed by atoms with E-state index >= 15 is 0 Å². The predicted octanol–water partition coefficient (Wildman–Crippen LogP) is 2.94. The Kier molecular flexibility index (Phi) is 6.06. The number of primary amides is 1. The van der Waals surface area contributed by atoms with Crippen molar-refractivity contribution in [1.82, 2.24) is 0 Å². The van der Waals surface area contributed by atoms with Crippen LogP contribution >= 0.6 is 0 Å². The first-order chi connectivity index (χ1) is 9.10. The lowest BCUT2D eigenvalue weighted by Gasteiger charge is -2.15. The first kappa shape index (κ1) is 15.2. The molecular weight excluding hydrogens is 240 g/mol. The summed E-state index contributed by atoms with van der Waals surface area (Å²) in [5.74, 6) is -0.581. The smallest absolute Gasteiger partial charge is 0.250 e. The van der Waals surface area contributed by atoms with Crippen molar-refractivity contribution in [1.29, 1.82) is 0 Å². The first-order valence-electron chi connectivity index (χ1n) is 6.79. The van der Waals surface area contributed by atoms with E-state index < -0.39 is 5.91 Å². The molecule has 0 unspecified atom stereocenters. The van der Waals surface area contributed by atoms with Crippen molar-refractivity contribution in [2.75, 3.05) is 5.32 Å². The van der Waals surface area contributed by atoms with Crippen LogP contribution in [0.3, 0.4) is 0 Å². The number of carbonyl (C=O) groups is 2. The van der Waals surface area contributed by atoms with Crippen LogP contribution in [0.1, 0.15) is 49.9 Å². The summed E-state index contributed by atoms with van der Waals surface area (Å²) in [5.41, 5.74) is 6.13. The molecule has 0 spiro atoms. The third kappa shape index (κ3) is 4.39. The third-order valence-corrected chi connectivity index (χ3v) is 3.22. The van der Waals surface area contributed by atoms with Gasteiger partial charge in [-0.15, -0.1) is 0 Å². The fourth-order valence-corrected chi connectivity index (χ4v) is 2.01. The standard InChI is InChI=1S/C15H22N2O2/c1-3-5-8-11(4-2)15(19)17-13-10-7-6-9-12(13)14(16)18/h6-7,9-11H,3-5,8H2,1-2H3,(H2,16,18)(H,17,19)/t11-/m1/s1. The van der Waals surface area contributed by atoms with Crippen LogP contribution in [0.15, 0.2) is 24.3 Å². The van der Waals surface area contributed by atoms with E-state index in [0.29, 0.717) is 11.3 Å². The van der Waals surface area contributed by atoms with E-state index in [2.05, 4.69) is 12.2 Å². The molecule has 2 amide bonds. The average Bonchev–Trinajstić information content (AvgIpc) is 2.40. The van der Waals surface area contributed by atoms with Gasteiger partial charge in [0.05, 0.1) is 11.3 Å². The monoisotopic (exact) mass is 262 g/mol. The van der Waals surface area contributed by atoms with Crippen LogP contribution < -0.4 is 11.1 Å². The van der Waals surface area contributed by atoms with E-state index in [1.54, 1.807) is 24.3 Å². The van der Waals surface area contributed by atoms with Crippen LogP contribution in [0.4, 0.5) is 5.69 Å². The second-order valence-corrected chi connectivity index (χ2v) is 4.65. The van der Waals surface area contributed by atoms with Crippen LogP contribution in [-0.4, -0.2) is 11.8 Å². The van der Waals surface area contributed by atoms with Crippen molar-refractivity contribution in [2.45, 2.75) is 39.5 Å². The van der Waals surface area contributed by atoms with Gasteiger partial charge in [0, 0.05) is 5.92 Å². The van der Waals surface area contributed by atoms with Gasteiger partial charge >= 0.3 is 0 Å². The van der Waals surface area contributed by atoms with E-state index in [9.17, 15) is 9.59 Å². The number of para-hydroxylation sites is 1. The molecule has 3 N–H and O–H groups in total. The average molecular weight is 262 g/mol. The number of anilines is 1. The molecule has 1 atom stereocenters. The molecule has 0 radical (unpaired) electrons. The molecule has 0 fully saturated rings. The van der Waals surface area contributed by atoms with Gasteiger partial charge < -0.3 is 11.1 Å². The highest BCUT2D eigenvalue weighted by atomic mass is 16.2. The second kappa shape index (κ2) is 7.56. The Morgan fingerprint density at radius 1 is 1.26 bits per heavy atom. The molecule has 0 saturated heterocycles. The zero-order valence-electron chi connectivity index (χ0n) is 11.6. The highest BCUT2D eigenvalue weighted by Gasteiger charge is 2.17. The van der Waals surface area contributed by atoms with Crippen molar-refractivity contribution in [3.63, 3.8) is 0 Å². The molecule has 1 aromatic rings. The normalized spacial score (nSPS) is 11.9. The zero-order valence-corrected chi connectivity index (χ0v) is 11.6. The fraction of sp³-hybridized carbons (Fsp3) is 0.467. The molecule has 0 aromatic heterocycles. The Morgan fingerprint density at radius 3 is 2.53 bits per heavy atom. The lowest BCUT2D eigenvalue weighted by atomic mass is 9.98. The highest BCUT2D eigenvalue weighted by Crippen LogP contribution is 2.19. The molecule has 0 heterocycles. The summed E-state index contributed by atoms with van der Waals surface area (Å²) in [5, 5.41) is 2.81.